The second-order valence-corrected chi connectivity index (χ2v) is 7.57. The van der Waals surface area contributed by atoms with Crippen LogP contribution in [-0.4, -0.2) is 16.8 Å². The van der Waals surface area contributed by atoms with E-state index >= 15 is 0 Å². The average molecular weight is 411 g/mol. The quantitative estimate of drug-likeness (QED) is 0.376. The third-order valence-electron chi connectivity index (χ3n) is 4.80. The van der Waals surface area contributed by atoms with E-state index in [1.807, 2.05) is 18.4 Å². The molecule has 3 aromatic rings. The second-order valence-electron chi connectivity index (χ2n) is 6.62. The standard InChI is InChI=1S/C22H15F2NO3S/c1-12-9-10-29-21(12)18-17(19(26)13-5-7-14(23)8-6-13)20(27)22(28)25(18)16-4-2-3-15(24)11-16/h2-11,18,26H,1H3/b19-17-. The normalized spacial score (nSPS) is 18.4. The lowest BCUT2D eigenvalue weighted by molar-refractivity contribution is -0.132. The second kappa shape index (κ2) is 7.25. The Morgan fingerprint density at radius 1 is 1.03 bits per heavy atom. The summed E-state index contributed by atoms with van der Waals surface area (Å²) in [7, 11) is 0. The highest BCUT2D eigenvalue weighted by molar-refractivity contribution is 7.10. The van der Waals surface area contributed by atoms with Crippen molar-refractivity contribution in [2.75, 3.05) is 4.90 Å². The Hall–Kier alpha value is -3.32. The number of amides is 1. The van der Waals surface area contributed by atoms with Crippen LogP contribution < -0.4 is 4.90 Å². The number of benzene rings is 2. The number of rotatable bonds is 3. The number of hydrogen-bond acceptors (Lipinski definition) is 4. The molecule has 146 valence electrons. The first kappa shape index (κ1) is 19.0. The van der Waals surface area contributed by atoms with Gasteiger partial charge in [0, 0.05) is 16.1 Å². The molecular weight excluding hydrogens is 396 g/mol. The topological polar surface area (TPSA) is 57.6 Å². The van der Waals surface area contributed by atoms with E-state index in [0.29, 0.717) is 4.88 Å². The van der Waals surface area contributed by atoms with E-state index in [-0.39, 0.29) is 16.8 Å². The number of Topliss-reactive ketones (excluding diaryl/α,β-unsaturated/α-hetero) is 1. The number of hydrogen-bond donors (Lipinski definition) is 1. The first-order chi connectivity index (χ1) is 13.9. The number of nitrogens with zero attached hydrogens (tertiary/aromatic N) is 1. The van der Waals surface area contributed by atoms with Crippen molar-refractivity contribution in [3.8, 4) is 0 Å². The highest BCUT2D eigenvalue weighted by Crippen LogP contribution is 2.44. The fourth-order valence-electron chi connectivity index (χ4n) is 3.40. The molecule has 1 aromatic heterocycles. The first-order valence-electron chi connectivity index (χ1n) is 8.75. The molecule has 4 nitrogen and oxygen atoms in total. The highest BCUT2D eigenvalue weighted by Gasteiger charge is 2.48. The molecule has 1 N–H and O–H groups in total. The van der Waals surface area contributed by atoms with Crippen LogP contribution in [0, 0.1) is 18.6 Å². The Bertz CT molecular complexity index is 1150. The minimum Gasteiger partial charge on any atom is -0.507 e. The lowest BCUT2D eigenvalue weighted by atomic mass is 9.98. The molecule has 1 saturated heterocycles. The molecule has 29 heavy (non-hydrogen) atoms. The minimum atomic E-state index is -0.915. The summed E-state index contributed by atoms with van der Waals surface area (Å²) in [5, 5.41) is 12.7. The molecule has 1 aliphatic heterocycles. The van der Waals surface area contributed by atoms with Crippen LogP contribution in [0.15, 0.2) is 65.6 Å². The van der Waals surface area contributed by atoms with Gasteiger partial charge in [0.1, 0.15) is 23.4 Å². The van der Waals surface area contributed by atoms with E-state index in [4.69, 9.17) is 0 Å². The number of aryl methyl sites for hydroxylation is 1. The van der Waals surface area contributed by atoms with E-state index in [1.165, 1.54) is 52.6 Å². The van der Waals surface area contributed by atoms with Gasteiger partial charge in [-0.25, -0.2) is 8.78 Å². The van der Waals surface area contributed by atoms with E-state index in [0.717, 1.165) is 17.7 Å². The van der Waals surface area contributed by atoms with Crippen LogP contribution in [0.2, 0.25) is 0 Å². The lowest BCUT2D eigenvalue weighted by Crippen LogP contribution is -2.29. The van der Waals surface area contributed by atoms with Gasteiger partial charge in [-0.2, -0.15) is 0 Å². The molecule has 1 amide bonds. The van der Waals surface area contributed by atoms with Gasteiger partial charge in [-0.15, -0.1) is 11.3 Å². The molecule has 0 radical (unpaired) electrons. The summed E-state index contributed by atoms with van der Waals surface area (Å²) < 4.78 is 27.1. The van der Waals surface area contributed by atoms with Gasteiger partial charge in [-0.1, -0.05) is 6.07 Å². The van der Waals surface area contributed by atoms with Crippen LogP contribution in [0.25, 0.3) is 5.76 Å². The van der Waals surface area contributed by atoms with Crippen molar-refractivity contribution in [3.05, 3.63) is 93.2 Å². The van der Waals surface area contributed by atoms with Crippen LogP contribution in [0.5, 0.6) is 0 Å². The zero-order chi connectivity index (χ0) is 20.7. The van der Waals surface area contributed by atoms with E-state index < -0.39 is 35.1 Å². The molecule has 1 aliphatic rings. The molecule has 7 heteroatoms. The molecular formula is C22H15F2NO3S. The fourth-order valence-corrected chi connectivity index (χ4v) is 4.43. The number of aliphatic hydroxyl groups excluding tert-OH is 1. The van der Waals surface area contributed by atoms with Crippen LogP contribution in [0.3, 0.4) is 0 Å². The van der Waals surface area contributed by atoms with Crippen molar-refractivity contribution >= 4 is 34.5 Å². The Kier molecular flexibility index (Phi) is 4.76. The molecule has 1 fully saturated rings. The largest absolute Gasteiger partial charge is 0.507 e. The Morgan fingerprint density at radius 3 is 2.38 bits per heavy atom. The number of anilines is 1. The summed E-state index contributed by atoms with van der Waals surface area (Å²) in [5.41, 5.74) is 1.13. The van der Waals surface area contributed by atoms with Crippen molar-refractivity contribution in [1.82, 2.24) is 0 Å². The molecule has 0 spiro atoms. The zero-order valence-corrected chi connectivity index (χ0v) is 16.0. The van der Waals surface area contributed by atoms with Crippen LogP contribution in [0.4, 0.5) is 14.5 Å². The molecule has 4 rings (SSSR count). The molecule has 2 heterocycles. The molecule has 1 unspecified atom stereocenters. The Balaban J connectivity index is 1.96. The summed E-state index contributed by atoms with van der Waals surface area (Å²) in [6.07, 6.45) is 0. The Labute approximate surface area is 169 Å². The summed E-state index contributed by atoms with van der Waals surface area (Å²) in [6, 6.07) is 11.3. The summed E-state index contributed by atoms with van der Waals surface area (Å²) in [4.78, 5) is 27.7. The predicted molar refractivity (Wildman–Crippen MR) is 107 cm³/mol. The van der Waals surface area contributed by atoms with Gasteiger partial charge in [0.2, 0.25) is 0 Å². The maximum atomic E-state index is 13.8. The van der Waals surface area contributed by atoms with Crippen molar-refractivity contribution in [1.29, 1.82) is 0 Å². The monoisotopic (exact) mass is 411 g/mol. The molecule has 1 atom stereocenters. The van der Waals surface area contributed by atoms with Gasteiger partial charge in [-0.3, -0.25) is 14.5 Å². The van der Waals surface area contributed by atoms with Crippen LogP contribution in [0.1, 0.15) is 22.0 Å². The Morgan fingerprint density at radius 2 is 1.76 bits per heavy atom. The maximum Gasteiger partial charge on any atom is 0.300 e. The lowest BCUT2D eigenvalue weighted by Gasteiger charge is -2.25. The minimum absolute atomic E-state index is 0.114. The van der Waals surface area contributed by atoms with Gasteiger partial charge >= 0.3 is 0 Å². The molecule has 0 bridgehead atoms. The van der Waals surface area contributed by atoms with Crippen molar-refractivity contribution in [2.24, 2.45) is 0 Å². The van der Waals surface area contributed by atoms with Crippen molar-refractivity contribution in [3.63, 3.8) is 0 Å². The van der Waals surface area contributed by atoms with E-state index in [2.05, 4.69) is 0 Å². The number of carbonyl (C=O) groups excluding carboxylic acids is 2. The predicted octanol–water partition coefficient (Wildman–Crippen LogP) is 4.96. The van der Waals surface area contributed by atoms with E-state index in [1.54, 1.807) is 0 Å². The molecule has 0 saturated carbocycles. The van der Waals surface area contributed by atoms with Gasteiger partial charge < -0.3 is 5.11 Å². The van der Waals surface area contributed by atoms with E-state index in [9.17, 15) is 23.5 Å². The molecule has 0 aliphatic carbocycles. The first-order valence-corrected chi connectivity index (χ1v) is 9.63. The summed E-state index contributed by atoms with van der Waals surface area (Å²) in [6.45, 7) is 1.83. The van der Waals surface area contributed by atoms with Crippen LogP contribution >= 0.6 is 11.3 Å². The third kappa shape index (κ3) is 3.23. The van der Waals surface area contributed by atoms with Crippen molar-refractivity contribution in [2.45, 2.75) is 13.0 Å². The fraction of sp³-hybridized carbons (Fsp3) is 0.0909. The van der Waals surface area contributed by atoms with Gasteiger partial charge in [0.15, 0.2) is 0 Å². The van der Waals surface area contributed by atoms with Gasteiger partial charge in [0.25, 0.3) is 11.7 Å². The summed E-state index contributed by atoms with van der Waals surface area (Å²) >= 11 is 1.33. The van der Waals surface area contributed by atoms with Gasteiger partial charge in [0.05, 0.1) is 5.57 Å². The number of carbonyl (C=O) groups is 2. The summed E-state index contributed by atoms with van der Waals surface area (Å²) in [5.74, 6) is -3.19. The van der Waals surface area contributed by atoms with Crippen LogP contribution in [-0.2, 0) is 9.59 Å². The molecule has 2 aromatic carbocycles. The number of halogens is 2. The SMILES string of the molecule is Cc1ccsc1C1/C(=C(/O)c2ccc(F)cc2)C(=O)C(=O)N1c1cccc(F)c1. The van der Waals surface area contributed by atoms with Crippen molar-refractivity contribution < 1.29 is 23.5 Å². The number of aliphatic hydroxyl groups is 1. The smallest absolute Gasteiger partial charge is 0.300 e. The average Bonchev–Trinajstić information content (AvgIpc) is 3.23. The zero-order valence-electron chi connectivity index (χ0n) is 15.2. The number of ketones is 1. The number of thiophene rings is 1. The highest BCUT2D eigenvalue weighted by atomic mass is 32.1. The maximum absolute atomic E-state index is 13.8. The third-order valence-corrected chi connectivity index (χ3v) is 5.87. The van der Waals surface area contributed by atoms with Gasteiger partial charge in [-0.05, 0) is 66.4 Å².